The molecule has 0 unspecified atom stereocenters. The SMILES string of the molecule is CC=C(C)c1cc(C2=C(c3cc(-c4ccccc4)sc3-c3ccccc3)C(F)(F)C(F)(F)C2(F)F)c(-c2cccs2)s1. The summed E-state index contributed by atoms with van der Waals surface area (Å²) in [6, 6.07) is 23.3. The van der Waals surface area contributed by atoms with Gasteiger partial charge in [-0.15, -0.1) is 34.0 Å². The van der Waals surface area contributed by atoms with Gasteiger partial charge in [0.25, 0.3) is 0 Å². The van der Waals surface area contributed by atoms with E-state index < -0.39 is 28.9 Å². The molecule has 0 nitrogen and oxygen atoms in total. The van der Waals surface area contributed by atoms with Crippen LogP contribution in [-0.4, -0.2) is 17.8 Å². The standard InChI is InChI=1S/C33H22F6S3/c1-3-19(2)25-17-23(30(41-25)24-15-10-16-40-24)28-27(31(34,35)33(38,39)32(28,36)37)22-18-26(20-11-6-4-7-12-20)42-29(22)21-13-8-5-9-14-21/h3-18H,1-2H3. The van der Waals surface area contributed by atoms with Crippen molar-refractivity contribution in [2.24, 2.45) is 0 Å². The number of benzene rings is 2. The van der Waals surface area contributed by atoms with Gasteiger partial charge >= 0.3 is 17.8 Å². The van der Waals surface area contributed by atoms with Gasteiger partial charge in [-0.25, -0.2) is 0 Å². The molecule has 0 aliphatic heterocycles. The first-order valence-corrected chi connectivity index (χ1v) is 15.5. The quantitative estimate of drug-likeness (QED) is 0.164. The van der Waals surface area contributed by atoms with Gasteiger partial charge in [-0.2, -0.15) is 26.3 Å². The third kappa shape index (κ3) is 4.32. The average Bonchev–Trinajstić information content (AvgIpc) is 3.77. The lowest BCUT2D eigenvalue weighted by molar-refractivity contribution is -0.254. The van der Waals surface area contributed by atoms with Crippen LogP contribution in [0.3, 0.4) is 0 Å². The lowest BCUT2D eigenvalue weighted by Gasteiger charge is -2.26. The molecule has 2 aromatic carbocycles. The van der Waals surface area contributed by atoms with Crippen molar-refractivity contribution < 1.29 is 26.3 Å². The smallest absolute Gasteiger partial charge is 0.194 e. The molecule has 0 saturated heterocycles. The highest BCUT2D eigenvalue weighted by atomic mass is 32.1. The van der Waals surface area contributed by atoms with Gasteiger partial charge in [-0.1, -0.05) is 72.8 Å². The Morgan fingerprint density at radius 3 is 1.76 bits per heavy atom. The van der Waals surface area contributed by atoms with Crippen LogP contribution in [0.1, 0.15) is 29.9 Å². The summed E-state index contributed by atoms with van der Waals surface area (Å²) in [5.41, 5.74) is -1.45. The van der Waals surface area contributed by atoms with Crippen LogP contribution in [0.15, 0.2) is 96.4 Å². The Kier molecular flexibility index (Phi) is 7.11. The Bertz CT molecular complexity index is 1810. The van der Waals surface area contributed by atoms with E-state index in [9.17, 15) is 0 Å². The summed E-state index contributed by atoms with van der Waals surface area (Å²) in [5, 5.41) is 1.73. The predicted octanol–water partition coefficient (Wildman–Crippen LogP) is 12.1. The van der Waals surface area contributed by atoms with Gasteiger partial charge in [0, 0.05) is 41.8 Å². The van der Waals surface area contributed by atoms with Gasteiger partial charge in [-0.05, 0) is 54.1 Å². The van der Waals surface area contributed by atoms with E-state index in [0.717, 1.165) is 28.2 Å². The predicted molar refractivity (Wildman–Crippen MR) is 164 cm³/mol. The van der Waals surface area contributed by atoms with Crippen molar-refractivity contribution in [1.29, 1.82) is 0 Å². The maximum absolute atomic E-state index is 16.0. The fraction of sp³-hybridized carbons (Fsp3) is 0.152. The number of rotatable bonds is 6. The lowest BCUT2D eigenvalue weighted by atomic mass is 9.92. The molecule has 0 saturated carbocycles. The molecule has 1 aliphatic carbocycles. The van der Waals surface area contributed by atoms with Crippen LogP contribution in [0.5, 0.6) is 0 Å². The molecule has 0 bridgehead atoms. The number of hydrogen-bond acceptors (Lipinski definition) is 3. The lowest BCUT2D eigenvalue weighted by Crippen LogP contribution is -2.48. The van der Waals surface area contributed by atoms with E-state index in [1.54, 1.807) is 98.1 Å². The van der Waals surface area contributed by atoms with Crippen molar-refractivity contribution in [3.8, 4) is 30.6 Å². The van der Waals surface area contributed by atoms with E-state index in [-0.39, 0.29) is 20.9 Å². The van der Waals surface area contributed by atoms with Gasteiger partial charge in [-0.3, -0.25) is 0 Å². The molecule has 0 N–H and O–H groups in total. The highest BCUT2D eigenvalue weighted by molar-refractivity contribution is 7.22. The fourth-order valence-electron chi connectivity index (χ4n) is 5.06. The summed E-state index contributed by atoms with van der Waals surface area (Å²) in [7, 11) is 0. The largest absolute Gasteiger partial charge is 0.380 e. The van der Waals surface area contributed by atoms with Crippen molar-refractivity contribution in [3.63, 3.8) is 0 Å². The first-order valence-electron chi connectivity index (χ1n) is 12.9. The molecule has 3 heterocycles. The Balaban J connectivity index is 1.74. The van der Waals surface area contributed by atoms with Gasteiger partial charge in [0.2, 0.25) is 0 Å². The molecular formula is C33H22F6S3. The maximum atomic E-state index is 16.0. The number of halogens is 6. The third-order valence-corrected chi connectivity index (χ3v) is 10.9. The van der Waals surface area contributed by atoms with E-state index in [4.69, 9.17) is 0 Å². The second kappa shape index (κ2) is 10.4. The minimum absolute atomic E-state index is 0.216. The van der Waals surface area contributed by atoms with E-state index in [1.165, 1.54) is 23.5 Å². The normalized spacial score (nSPS) is 17.7. The van der Waals surface area contributed by atoms with Crippen molar-refractivity contribution in [1.82, 2.24) is 0 Å². The summed E-state index contributed by atoms with van der Waals surface area (Å²) in [5.74, 6) is -16.0. The molecule has 214 valence electrons. The van der Waals surface area contributed by atoms with Crippen molar-refractivity contribution in [2.75, 3.05) is 0 Å². The molecule has 5 aromatic rings. The number of allylic oxidation sites excluding steroid dienone is 4. The van der Waals surface area contributed by atoms with Crippen molar-refractivity contribution >= 4 is 50.7 Å². The van der Waals surface area contributed by atoms with Gasteiger partial charge < -0.3 is 0 Å². The third-order valence-electron chi connectivity index (χ3n) is 7.33. The maximum Gasteiger partial charge on any atom is 0.380 e. The summed E-state index contributed by atoms with van der Waals surface area (Å²) >= 11 is 3.46. The average molecular weight is 629 g/mol. The van der Waals surface area contributed by atoms with E-state index in [1.807, 2.05) is 0 Å². The van der Waals surface area contributed by atoms with Gasteiger partial charge in [0.15, 0.2) is 0 Å². The summed E-state index contributed by atoms with van der Waals surface area (Å²) < 4.78 is 94.8. The molecule has 42 heavy (non-hydrogen) atoms. The van der Waals surface area contributed by atoms with Crippen molar-refractivity contribution in [2.45, 2.75) is 31.6 Å². The zero-order chi connectivity index (χ0) is 29.9. The zero-order valence-electron chi connectivity index (χ0n) is 22.2. The molecule has 1 aliphatic rings. The van der Waals surface area contributed by atoms with Crippen LogP contribution in [0, 0.1) is 0 Å². The minimum atomic E-state index is -5.65. The second-order valence-corrected chi connectivity index (χ2v) is 12.9. The Hall–Kier alpha value is -3.40. The Morgan fingerprint density at radius 2 is 1.21 bits per heavy atom. The van der Waals surface area contributed by atoms with Crippen molar-refractivity contribution in [3.05, 3.63) is 112 Å². The molecular weight excluding hydrogens is 607 g/mol. The first-order chi connectivity index (χ1) is 20.0. The zero-order valence-corrected chi connectivity index (χ0v) is 24.7. The number of thiophene rings is 3. The molecule has 0 amide bonds. The molecule has 9 heteroatoms. The van der Waals surface area contributed by atoms with E-state index in [0.29, 0.717) is 25.8 Å². The highest BCUT2D eigenvalue weighted by Crippen LogP contribution is 2.67. The van der Waals surface area contributed by atoms with Crippen LogP contribution < -0.4 is 0 Å². The Morgan fingerprint density at radius 1 is 0.643 bits per heavy atom. The minimum Gasteiger partial charge on any atom is -0.194 e. The summed E-state index contributed by atoms with van der Waals surface area (Å²) in [6.45, 7) is 3.52. The molecule has 0 spiro atoms. The number of hydrogen-bond donors (Lipinski definition) is 0. The van der Waals surface area contributed by atoms with Gasteiger partial charge in [0.1, 0.15) is 0 Å². The van der Waals surface area contributed by atoms with Crippen LogP contribution in [0.4, 0.5) is 26.3 Å². The topological polar surface area (TPSA) is 0 Å². The van der Waals surface area contributed by atoms with Crippen LogP contribution >= 0.6 is 34.0 Å². The summed E-state index contributed by atoms with van der Waals surface area (Å²) in [6.07, 6.45) is 1.76. The molecule has 0 atom stereocenters. The molecule has 6 rings (SSSR count). The Labute approximate surface area is 250 Å². The molecule has 0 radical (unpaired) electrons. The monoisotopic (exact) mass is 628 g/mol. The van der Waals surface area contributed by atoms with Crippen LogP contribution in [-0.2, 0) is 0 Å². The molecule has 3 aromatic heterocycles. The first kappa shape index (κ1) is 28.7. The number of alkyl halides is 6. The van der Waals surface area contributed by atoms with Crippen LogP contribution in [0.25, 0.3) is 47.4 Å². The van der Waals surface area contributed by atoms with Crippen LogP contribution in [0.2, 0.25) is 0 Å². The fourth-order valence-corrected chi connectivity index (χ4v) is 8.30. The second-order valence-electron chi connectivity index (χ2n) is 9.86. The molecule has 0 fully saturated rings. The van der Waals surface area contributed by atoms with E-state index in [2.05, 4.69) is 0 Å². The van der Waals surface area contributed by atoms with Gasteiger partial charge in [0.05, 0.1) is 4.88 Å². The highest BCUT2D eigenvalue weighted by Gasteiger charge is 2.80. The summed E-state index contributed by atoms with van der Waals surface area (Å²) in [4.78, 5) is 2.04. The van der Waals surface area contributed by atoms with E-state index >= 15 is 26.3 Å².